The number of carbonyl (C=O) groups excluding carboxylic acids is 1. The monoisotopic (exact) mass is 230 g/mol. The molecule has 0 saturated carbocycles. The van der Waals surface area contributed by atoms with Gasteiger partial charge in [-0.15, -0.1) is 0 Å². The Morgan fingerprint density at radius 2 is 2.31 bits per heavy atom. The Balaban J connectivity index is 2.52. The zero-order chi connectivity index (χ0) is 12.1. The first-order chi connectivity index (χ1) is 7.56. The number of aliphatic carboxylic acids is 1. The largest absolute Gasteiger partial charge is 0.479 e. The lowest BCUT2D eigenvalue weighted by molar-refractivity contribution is -0.158. The fraction of sp³-hybridized carbons (Fsp3) is 0.800. The van der Waals surface area contributed by atoms with E-state index in [1.54, 1.807) is 6.92 Å². The number of carboxylic acid groups (broad SMARTS) is 1. The summed E-state index contributed by atoms with van der Waals surface area (Å²) >= 11 is 0. The van der Waals surface area contributed by atoms with E-state index < -0.39 is 12.1 Å². The second-order valence-corrected chi connectivity index (χ2v) is 3.76. The molecular weight excluding hydrogens is 212 g/mol. The van der Waals surface area contributed by atoms with E-state index in [9.17, 15) is 9.59 Å². The number of morpholine rings is 1. The van der Waals surface area contributed by atoms with Gasteiger partial charge in [0.25, 0.3) is 0 Å². The van der Waals surface area contributed by atoms with Gasteiger partial charge in [-0.2, -0.15) is 0 Å². The summed E-state index contributed by atoms with van der Waals surface area (Å²) in [5, 5.41) is 11.5. The smallest absolute Gasteiger partial charge is 0.334 e. The predicted octanol–water partition coefficient (Wildman–Crippen LogP) is -0.704. The Morgan fingerprint density at radius 1 is 1.62 bits per heavy atom. The van der Waals surface area contributed by atoms with Gasteiger partial charge in [-0.3, -0.25) is 9.69 Å². The van der Waals surface area contributed by atoms with Crippen molar-refractivity contribution in [2.45, 2.75) is 26.0 Å². The number of hydrogen-bond acceptors (Lipinski definition) is 4. The summed E-state index contributed by atoms with van der Waals surface area (Å²) < 4.78 is 5.09. The highest BCUT2D eigenvalue weighted by atomic mass is 16.5. The van der Waals surface area contributed by atoms with Crippen LogP contribution in [0.5, 0.6) is 0 Å². The molecule has 1 aliphatic heterocycles. The summed E-state index contributed by atoms with van der Waals surface area (Å²) in [7, 11) is 0. The molecule has 0 aromatic rings. The highest BCUT2D eigenvalue weighted by molar-refractivity contribution is 5.81. The number of carbonyl (C=O) groups is 2. The van der Waals surface area contributed by atoms with Crippen LogP contribution in [0.1, 0.15) is 13.8 Å². The third-order valence-corrected chi connectivity index (χ3v) is 2.65. The number of nitrogens with one attached hydrogen (secondary N) is 1. The van der Waals surface area contributed by atoms with Gasteiger partial charge in [-0.25, -0.2) is 4.79 Å². The van der Waals surface area contributed by atoms with E-state index in [0.29, 0.717) is 19.7 Å². The van der Waals surface area contributed by atoms with E-state index in [1.807, 2.05) is 11.8 Å². The number of carboxylic acids is 1. The van der Waals surface area contributed by atoms with E-state index in [0.717, 1.165) is 0 Å². The van der Waals surface area contributed by atoms with Gasteiger partial charge in [0.1, 0.15) is 0 Å². The SMILES string of the molecule is CCNC(=O)C(C)N1CCOC(C(=O)O)C1. The summed E-state index contributed by atoms with van der Waals surface area (Å²) in [4.78, 5) is 24.2. The zero-order valence-corrected chi connectivity index (χ0v) is 9.60. The maximum Gasteiger partial charge on any atom is 0.334 e. The molecule has 0 bridgehead atoms. The van der Waals surface area contributed by atoms with Gasteiger partial charge >= 0.3 is 5.97 Å². The molecule has 16 heavy (non-hydrogen) atoms. The van der Waals surface area contributed by atoms with Gasteiger partial charge < -0.3 is 15.2 Å². The topological polar surface area (TPSA) is 78.9 Å². The molecule has 1 fully saturated rings. The lowest BCUT2D eigenvalue weighted by atomic mass is 10.2. The molecular formula is C10H18N2O4. The van der Waals surface area contributed by atoms with E-state index in [-0.39, 0.29) is 18.5 Å². The molecule has 0 aromatic carbocycles. The fourth-order valence-corrected chi connectivity index (χ4v) is 1.66. The average Bonchev–Trinajstić information content (AvgIpc) is 2.28. The van der Waals surface area contributed by atoms with Crippen LogP contribution in [0.4, 0.5) is 0 Å². The van der Waals surface area contributed by atoms with Crippen molar-refractivity contribution in [3.8, 4) is 0 Å². The first kappa shape index (κ1) is 12.9. The Labute approximate surface area is 94.6 Å². The van der Waals surface area contributed by atoms with Crippen LogP contribution in [0.15, 0.2) is 0 Å². The normalized spacial score (nSPS) is 23.8. The molecule has 0 aliphatic carbocycles. The molecule has 1 amide bonds. The van der Waals surface area contributed by atoms with Gasteiger partial charge in [-0.05, 0) is 13.8 Å². The first-order valence-corrected chi connectivity index (χ1v) is 5.42. The Kier molecular flexibility index (Phi) is 4.70. The number of ether oxygens (including phenoxy) is 1. The average molecular weight is 230 g/mol. The molecule has 1 rings (SSSR count). The van der Waals surface area contributed by atoms with Gasteiger partial charge in [0, 0.05) is 19.6 Å². The van der Waals surface area contributed by atoms with Crippen molar-refractivity contribution in [2.24, 2.45) is 0 Å². The van der Waals surface area contributed by atoms with Gasteiger partial charge in [0.15, 0.2) is 6.10 Å². The number of nitrogens with zero attached hydrogens (tertiary/aromatic N) is 1. The van der Waals surface area contributed by atoms with Crippen LogP contribution < -0.4 is 5.32 Å². The van der Waals surface area contributed by atoms with Crippen molar-refractivity contribution < 1.29 is 19.4 Å². The van der Waals surface area contributed by atoms with Crippen molar-refractivity contribution in [2.75, 3.05) is 26.2 Å². The predicted molar refractivity (Wildman–Crippen MR) is 57.1 cm³/mol. The molecule has 0 aromatic heterocycles. The molecule has 2 atom stereocenters. The molecule has 1 saturated heterocycles. The first-order valence-electron chi connectivity index (χ1n) is 5.42. The van der Waals surface area contributed by atoms with E-state index in [4.69, 9.17) is 9.84 Å². The summed E-state index contributed by atoms with van der Waals surface area (Å²) in [5.41, 5.74) is 0. The molecule has 2 unspecified atom stereocenters. The van der Waals surface area contributed by atoms with Crippen molar-refractivity contribution >= 4 is 11.9 Å². The second kappa shape index (κ2) is 5.81. The minimum Gasteiger partial charge on any atom is -0.479 e. The number of rotatable bonds is 4. The molecule has 0 radical (unpaired) electrons. The van der Waals surface area contributed by atoms with Crippen LogP contribution in [-0.2, 0) is 14.3 Å². The molecule has 6 heteroatoms. The summed E-state index contributed by atoms with van der Waals surface area (Å²) in [6, 6.07) is -0.314. The van der Waals surface area contributed by atoms with Crippen molar-refractivity contribution in [3.63, 3.8) is 0 Å². The van der Waals surface area contributed by atoms with Crippen LogP contribution in [-0.4, -0.2) is 60.3 Å². The van der Waals surface area contributed by atoms with Gasteiger partial charge in [0.2, 0.25) is 5.91 Å². The molecule has 1 aliphatic rings. The van der Waals surface area contributed by atoms with Crippen LogP contribution in [0.25, 0.3) is 0 Å². The molecule has 2 N–H and O–H groups in total. The summed E-state index contributed by atoms with van der Waals surface area (Å²) in [5.74, 6) is -1.05. The lowest BCUT2D eigenvalue weighted by Crippen LogP contribution is -2.53. The van der Waals surface area contributed by atoms with Crippen molar-refractivity contribution in [3.05, 3.63) is 0 Å². The highest BCUT2D eigenvalue weighted by Crippen LogP contribution is 2.09. The van der Waals surface area contributed by atoms with Gasteiger partial charge in [-0.1, -0.05) is 0 Å². The fourth-order valence-electron chi connectivity index (χ4n) is 1.66. The third kappa shape index (κ3) is 3.18. The minimum absolute atomic E-state index is 0.0754. The quantitative estimate of drug-likeness (QED) is 0.667. The van der Waals surface area contributed by atoms with Crippen LogP contribution in [0.2, 0.25) is 0 Å². The number of likely N-dealkylation sites (N-methyl/N-ethyl adjacent to an activating group) is 1. The maximum absolute atomic E-state index is 11.6. The Bertz CT molecular complexity index is 270. The Hall–Kier alpha value is -1.14. The molecule has 92 valence electrons. The number of amides is 1. The molecule has 6 nitrogen and oxygen atoms in total. The summed E-state index contributed by atoms with van der Waals surface area (Å²) in [6.45, 7) is 5.39. The van der Waals surface area contributed by atoms with Crippen LogP contribution in [0.3, 0.4) is 0 Å². The molecule has 0 spiro atoms. The van der Waals surface area contributed by atoms with E-state index in [2.05, 4.69) is 5.32 Å². The minimum atomic E-state index is -0.979. The van der Waals surface area contributed by atoms with Gasteiger partial charge in [0.05, 0.1) is 12.6 Å². The van der Waals surface area contributed by atoms with E-state index in [1.165, 1.54) is 0 Å². The molecule has 1 heterocycles. The summed E-state index contributed by atoms with van der Waals surface area (Å²) in [6.07, 6.45) is -0.828. The Morgan fingerprint density at radius 3 is 2.88 bits per heavy atom. The third-order valence-electron chi connectivity index (χ3n) is 2.65. The second-order valence-electron chi connectivity index (χ2n) is 3.76. The number of hydrogen-bond donors (Lipinski definition) is 2. The van der Waals surface area contributed by atoms with Crippen LogP contribution >= 0.6 is 0 Å². The standard InChI is InChI=1S/C10H18N2O4/c1-3-11-9(13)7(2)12-4-5-16-8(6-12)10(14)15/h7-8H,3-6H2,1-2H3,(H,11,13)(H,14,15). The zero-order valence-electron chi connectivity index (χ0n) is 9.60. The van der Waals surface area contributed by atoms with Crippen molar-refractivity contribution in [1.82, 2.24) is 10.2 Å². The van der Waals surface area contributed by atoms with Crippen molar-refractivity contribution in [1.29, 1.82) is 0 Å². The highest BCUT2D eigenvalue weighted by Gasteiger charge is 2.31. The van der Waals surface area contributed by atoms with Crippen LogP contribution in [0, 0.1) is 0 Å². The lowest BCUT2D eigenvalue weighted by Gasteiger charge is -2.34. The maximum atomic E-state index is 11.6. The van der Waals surface area contributed by atoms with E-state index >= 15 is 0 Å².